The largest absolute Gasteiger partial charge is 0.404 e. The third-order valence-electron chi connectivity index (χ3n) is 3.48. The molecule has 8 heteroatoms. The van der Waals surface area contributed by atoms with Gasteiger partial charge in [-0.25, -0.2) is 4.39 Å². The van der Waals surface area contributed by atoms with E-state index < -0.39 is 29.9 Å². The second kappa shape index (κ2) is 5.33. The summed E-state index contributed by atoms with van der Waals surface area (Å²) in [6, 6.07) is 4.51. The summed E-state index contributed by atoms with van der Waals surface area (Å²) in [6.45, 7) is -0.452. The number of carbonyl (C=O) groups excluding carboxylic acids is 1. The van der Waals surface area contributed by atoms with Gasteiger partial charge >= 0.3 is 6.18 Å². The van der Waals surface area contributed by atoms with Gasteiger partial charge in [0.05, 0.1) is 11.3 Å². The number of anilines is 1. The quantitative estimate of drug-likeness (QED) is 0.823. The van der Waals surface area contributed by atoms with E-state index in [0.717, 1.165) is 18.2 Å². The molecule has 1 unspecified atom stereocenters. The Morgan fingerprint density at radius 3 is 2.67 bits per heavy atom. The molecule has 0 radical (unpaired) electrons. The van der Waals surface area contributed by atoms with E-state index in [-0.39, 0.29) is 24.2 Å². The molecule has 1 aliphatic heterocycles. The van der Waals surface area contributed by atoms with Gasteiger partial charge in [-0.15, -0.1) is 0 Å². The van der Waals surface area contributed by atoms with Crippen LogP contribution in [0.15, 0.2) is 18.2 Å². The van der Waals surface area contributed by atoms with Crippen molar-refractivity contribution in [1.82, 2.24) is 5.32 Å². The van der Waals surface area contributed by atoms with Crippen LogP contribution in [0.3, 0.4) is 0 Å². The summed E-state index contributed by atoms with van der Waals surface area (Å²) in [4.78, 5) is 12.1. The number of halogens is 4. The number of nitrogens with zero attached hydrogens (tertiary/aromatic N) is 1. The zero-order valence-electron chi connectivity index (χ0n) is 10.7. The van der Waals surface area contributed by atoms with Gasteiger partial charge in [-0.3, -0.25) is 4.79 Å². The number of alkyl halides is 3. The summed E-state index contributed by atoms with van der Waals surface area (Å²) in [6.07, 6.45) is -5.10. The fourth-order valence-corrected chi connectivity index (χ4v) is 2.22. The summed E-state index contributed by atoms with van der Waals surface area (Å²) in [5.74, 6) is -1.96. The van der Waals surface area contributed by atoms with Crippen LogP contribution in [-0.2, 0) is 4.79 Å². The predicted molar refractivity (Wildman–Crippen MR) is 65.7 cm³/mol. The molecule has 112 valence electrons. The van der Waals surface area contributed by atoms with Gasteiger partial charge in [-0.1, -0.05) is 0 Å². The van der Waals surface area contributed by atoms with Gasteiger partial charge in [0.2, 0.25) is 5.91 Å². The molecule has 1 aromatic carbocycles. The number of hydrogen-bond acceptors (Lipinski definition) is 3. The molecular formula is C13H11F4N3O. The van der Waals surface area contributed by atoms with E-state index in [9.17, 15) is 22.4 Å². The maximum atomic E-state index is 13.2. The lowest BCUT2D eigenvalue weighted by atomic mass is 9.85. The van der Waals surface area contributed by atoms with Crippen LogP contribution >= 0.6 is 0 Å². The minimum absolute atomic E-state index is 0.0709. The first-order valence-corrected chi connectivity index (χ1v) is 6.09. The number of hydrogen-bond donors (Lipinski definition) is 2. The molecule has 21 heavy (non-hydrogen) atoms. The fourth-order valence-electron chi connectivity index (χ4n) is 2.22. The fraction of sp³-hybridized carbons (Fsp3) is 0.385. The molecule has 1 saturated heterocycles. The Morgan fingerprint density at radius 1 is 1.43 bits per heavy atom. The number of carbonyl (C=O) groups is 1. The van der Waals surface area contributed by atoms with Gasteiger partial charge < -0.3 is 10.6 Å². The minimum Gasteiger partial charge on any atom is -0.324 e. The van der Waals surface area contributed by atoms with Crippen molar-refractivity contribution in [2.24, 2.45) is 5.41 Å². The first kappa shape index (κ1) is 15.3. The number of benzene rings is 1. The molecule has 1 atom stereocenters. The van der Waals surface area contributed by atoms with E-state index >= 15 is 0 Å². The standard InChI is InChI=1S/C13H11F4N3O/c14-9-1-2-10(8(5-9)6-18)20-11(21)12(13(15,16)17)3-4-19-7-12/h1-2,5,19H,3-4,7H2,(H,20,21). The zero-order valence-corrected chi connectivity index (χ0v) is 10.7. The molecule has 0 aromatic heterocycles. The molecule has 0 aliphatic carbocycles. The molecule has 1 fully saturated rings. The molecular weight excluding hydrogens is 290 g/mol. The maximum Gasteiger partial charge on any atom is 0.404 e. The van der Waals surface area contributed by atoms with Crippen molar-refractivity contribution in [3.05, 3.63) is 29.6 Å². The van der Waals surface area contributed by atoms with E-state index in [1.807, 2.05) is 0 Å². The highest BCUT2D eigenvalue weighted by Gasteiger charge is 2.61. The van der Waals surface area contributed by atoms with Gasteiger partial charge in [0.1, 0.15) is 11.9 Å². The molecule has 4 nitrogen and oxygen atoms in total. The van der Waals surface area contributed by atoms with E-state index in [2.05, 4.69) is 10.6 Å². The van der Waals surface area contributed by atoms with Crippen LogP contribution < -0.4 is 10.6 Å². The summed E-state index contributed by atoms with van der Waals surface area (Å²) >= 11 is 0. The highest BCUT2D eigenvalue weighted by molar-refractivity contribution is 5.97. The monoisotopic (exact) mass is 301 g/mol. The Kier molecular flexibility index (Phi) is 3.87. The first-order valence-electron chi connectivity index (χ1n) is 6.09. The van der Waals surface area contributed by atoms with E-state index in [0.29, 0.717) is 0 Å². The Hall–Kier alpha value is -2.14. The molecule has 2 rings (SSSR count). The van der Waals surface area contributed by atoms with Crippen molar-refractivity contribution < 1.29 is 22.4 Å². The van der Waals surface area contributed by atoms with Crippen molar-refractivity contribution in [2.45, 2.75) is 12.6 Å². The predicted octanol–water partition coefficient (Wildman–Crippen LogP) is 2.18. The average Bonchev–Trinajstić information content (AvgIpc) is 2.91. The van der Waals surface area contributed by atoms with Gasteiger partial charge in [-0.05, 0) is 31.2 Å². The molecule has 0 bridgehead atoms. The van der Waals surface area contributed by atoms with Crippen molar-refractivity contribution in [2.75, 3.05) is 18.4 Å². The molecule has 1 amide bonds. The van der Waals surface area contributed by atoms with Crippen LogP contribution in [0.1, 0.15) is 12.0 Å². The van der Waals surface area contributed by atoms with Crippen LogP contribution in [-0.4, -0.2) is 25.2 Å². The van der Waals surface area contributed by atoms with Gasteiger partial charge in [-0.2, -0.15) is 18.4 Å². The van der Waals surface area contributed by atoms with Crippen LogP contribution in [0.25, 0.3) is 0 Å². The lowest BCUT2D eigenvalue weighted by Crippen LogP contribution is -2.49. The zero-order chi connectivity index (χ0) is 15.7. The number of nitrogens with one attached hydrogen (secondary N) is 2. The van der Waals surface area contributed by atoms with Gasteiger partial charge in [0, 0.05) is 6.54 Å². The Balaban J connectivity index is 2.31. The summed E-state index contributed by atoms with van der Waals surface area (Å²) in [7, 11) is 0. The van der Waals surface area contributed by atoms with Crippen molar-refractivity contribution in [1.29, 1.82) is 5.26 Å². The highest BCUT2D eigenvalue weighted by atomic mass is 19.4. The third kappa shape index (κ3) is 2.69. The van der Waals surface area contributed by atoms with Crippen LogP contribution in [0.2, 0.25) is 0 Å². The molecule has 1 aromatic rings. The third-order valence-corrected chi connectivity index (χ3v) is 3.48. The molecule has 1 heterocycles. The van der Waals surface area contributed by atoms with Crippen molar-refractivity contribution in [3.8, 4) is 6.07 Å². The highest BCUT2D eigenvalue weighted by Crippen LogP contribution is 2.43. The van der Waals surface area contributed by atoms with Gasteiger partial charge in [0.15, 0.2) is 5.41 Å². The molecule has 2 N–H and O–H groups in total. The van der Waals surface area contributed by atoms with Gasteiger partial charge in [0.25, 0.3) is 0 Å². The Labute approximate surface area is 117 Å². The average molecular weight is 301 g/mol. The van der Waals surface area contributed by atoms with Crippen LogP contribution in [0, 0.1) is 22.6 Å². The van der Waals surface area contributed by atoms with Crippen molar-refractivity contribution in [3.63, 3.8) is 0 Å². The van der Waals surface area contributed by atoms with Crippen LogP contribution in [0.4, 0.5) is 23.2 Å². The lowest BCUT2D eigenvalue weighted by Gasteiger charge is -2.29. The SMILES string of the molecule is N#Cc1cc(F)ccc1NC(=O)C1(C(F)(F)F)CCNC1. The Bertz CT molecular complexity index is 600. The first-order chi connectivity index (χ1) is 9.80. The minimum atomic E-state index is -4.71. The molecule has 0 saturated carbocycles. The number of amides is 1. The van der Waals surface area contributed by atoms with Crippen LogP contribution in [0.5, 0.6) is 0 Å². The van der Waals surface area contributed by atoms with E-state index in [1.165, 1.54) is 0 Å². The lowest BCUT2D eigenvalue weighted by molar-refractivity contribution is -0.213. The van der Waals surface area contributed by atoms with E-state index in [1.54, 1.807) is 6.07 Å². The smallest absolute Gasteiger partial charge is 0.324 e. The maximum absolute atomic E-state index is 13.2. The summed E-state index contributed by atoms with van der Waals surface area (Å²) in [5.41, 5.74) is -2.90. The van der Waals surface area contributed by atoms with Crippen molar-refractivity contribution >= 4 is 11.6 Å². The number of nitriles is 1. The summed E-state index contributed by atoms with van der Waals surface area (Å²) in [5, 5.41) is 13.5. The second-order valence-corrected chi connectivity index (χ2v) is 4.76. The topological polar surface area (TPSA) is 64.9 Å². The normalized spacial score (nSPS) is 21.9. The second-order valence-electron chi connectivity index (χ2n) is 4.76. The molecule has 1 aliphatic rings. The molecule has 0 spiro atoms. The summed E-state index contributed by atoms with van der Waals surface area (Å²) < 4.78 is 52.6. The Morgan fingerprint density at radius 2 is 2.14 bits per heavy atom. The van der Waals surface area contributed by atoms with E-state index in [4.69, 9.17) is 5.26 Å². The number of rotatable bonds is 2.